The van der Waals surface area contributed by atoms with Crippen molar-refractivity contribution in [2.75, 3.05) is 17.6 Å². The van der Waals surface area contributed by atoms with Crippen molar-refractivity contribution in [3.8, 4) is 0 Å². The molecule has 0 heterocycles. The fraction of sp³-hybridized carbons (Fsp3) is 0.647. The maximum Gasteiger partial charge on any atom is 0.505 e. The van der Waals surface area contributed by atoms with Gasteiger partial charge in [0.25, 0.3) is 0 Å². The van der Waals surface area contributed by atoms with E-state index in [4.69, 9.17) is 13.3 Å². The molecule has 1 aromatic carbocycles. The predicted molar refractivity (Wildman–Crippen MR) is 102 cm³/mol. The molecule has 0 N–H and O–H groups in total. The van der Waals surface area contributed by atoms with Crippen LogP contribution in [0.15, 0.2) is 30.3 Å². The van der Waals surface area contributed by atoms with Crippen molar-refractivity contribution in [1.29, 1.82) is 0 Å². The van der Waals surface area contributed by atoms with E-state index in [-0.39, 0.29) is 6.10 Å². The summed E-state index contributed by atoms with van der Waals surface area (Å²) < 4.78 is 19.8. The van der Waals surface area contributed by atoms with Gasteiger partial charge in [0.05, 0.1) is 0 Å². The van der Waals surface area contributed by atoms with Gasteiger partial charge >= 0.3 is 8.80 Å². The Labute approximate surface area is 150 Å². The van der Waals surface area contributed by atoms with Crippen LogP contribution in [0.1, 0.15) is 45.6 Å². The average Bonchev–Trinajstić information content (AvgIpc) is 2.52. The highest BCUT2D eigenvalue weighted by Crippen LogP contribution is 2.21. The molecule has 0 fully saturated rings. The van der Waals surface area contributed by atoms with Gasteiger partial charge in [0.1, 0.15) is 0 Å². The molecule has 3 nitrogen and oxygen atoms in total. The third kappa shape index (κ3) is 7.54. The molecule has 0 bridgehead atoms. The van der Waals surface area contributed by atoms with Gasteiger partial charge in [-0.3, -0.25) is 0 Å². The Kier molecular flexibility index (Phi) is 10.6. The molecule has 0 aliphatic rings. The molecule has 0 saturated heterocycles. The standard InChI is InChI=1S/C17H29IO3Si/c1-4-13-19-22(20-14-5-2,21-16(3)11-12-18)15-17-9-7-6-8-10-17/h6-10,16H,4-5,11-15H2,1-3H3. The lowest BCUT2D eigenvalue weighted by molar-refractivity contribution is 0.0308. The zero-order chi connectivity index (χ0) is 16.3. The Morgan fingerprint density at radius 3 is 2.14 bits per heavy atom. The normalized spacial score (nSPS) is 13.3. The number of halogens is 1. The second-order valence-electron chi connectivity index (χ2n) is 5.45. The molecule has 1 atom stereocenters. The van der Waals surface area contributed by atoms with E-state index >= 15 is 0 Å². The van der Waals surface area contributed by atoms with E-state index in [1.54, 1.807) is 0 Å². The van der Waals surface area contributed by atoms with Crippen LogP contribution >= 0.6 is 22.6 Å². The highest BCUT2D eigenvalue weighted by Gasteiger charge is 2.42. The summed E-state index contributed by atoms with van der Waals surface area (Å²) in [5, 5.41) is 0. The zero-order valence-corrected chi connectivity index (χ0v) is 17.2. The van der Waals surface area contributed by atoms with Crippen molar-refractivity contribution in [2.45, 2.75) is 52.2 Å². The molecule has 1 rings (SSSR count). The maximum absolute atomic E-state index is 6.38. The molecule has 0 aromatic heterocycles. The SMILES string of the molecule is CCCO[Si](Cc1ccccc1)(OCCC)OC(C)CCI. The minimum absolute atomic E-state index is 0.168. The first kappa shape index (κ1) is 20.1. The molecular formula is C17H29IO3Si. The van der Waals surface area contributed by atoms with E-state index in [1.807, 2.05) is 6.07 Å². The van der Waals surface area contributed by atoms with E-state index in [0.29, 0.717) is 13.2 Å². The lowest BCUT2D eigenvalue weighted by Crippen LogP contribution is -2.51. The fourth-order valence-corrected chi connectivity index (χ4v) is 6.01. The Hall–Kier alpha value is 0.0469. The molecule has 1 aromatic rings. The van der Waals surface area contributed by atoms with Gasteiger partial charge in [-0.05, 0) is 31.7 Å². The van der Waals surface area contributed by atoms with Crippen LogP contribution in [-0.4, -0.2) is 32.5 Å². The number of benzene rings is 1. The van der Waals surface area contributed by atoms with Gasteiger partial charge in [0, 0.05) is 29.8 Å². The Bertz CT molecular complexity index is 381. The summed E-state index contributed by atoms with van der Waals surface area (Å²) >= 11 is 2.39. The largest absolute Gasteiger partial charge is 0.505 e. The third-order valence-corrected chi connectivity index (χ3v) is 6.73. The van der Waals surface area contributed by atoms with Crippen molar-refractivity contribution < 1.29 is 13.3 Å². The highest BCUT2D eigenvalue weighted by atomic mass is 127. The molecule has 22 heavy (non-hydrogen) atoms. The first-order valence-electron chi connectivity index (χ1n) is 8.21. The molecule has 1 unspecified atom stereocenters. The minimum atomic E-state index is -2.68. The summed E-state index contributed by atoms with van der Waals surface area (Å²) in [5.41, 5.74) is 1.23. The molecule has 0 spiro atoms. The Morgan fingerprint density at radius 1 is 1.05 bits per heavy atom. The molecular weight excluding hydrogens is 407 g/mol. The average molecular weight is 436 g/mol. The van der Waals surface area contributed by atoms with Crippen LogP contribution in [0.2, 0.25) is 0 Å². The van der Waals surface area contributed by atoms with Crippen LogP contribution in [-0.2, 0) is 19.3 Å². The first-order valence-corrected chi connectivity index (χ1v) is 11.7. The van der Waals surface area contributed by atoms with Gasteiger partial charge in [-0.2, -0.15) is 0 Å². The quantitative estimate of drug-likeness (QED) is 0.268. The molecule has 0 saturated carbocycles. The van der Waals surface area contributed by atoms with E-state index in [1.165, 1.54) is 5.56 Å². The van der Waals surface area contributed by atoms with Crippen LogP contribution in [0.5, 0.6) is 0 Å². The van der Waals surface area contributed by atoms with Crippen molar-refractivity contribution in [2.24, 2.45) is 0 Å². The molecule has 0 aliphatic carbocycles. The summed E-state index contributed by atoms with van der Waals surface area (Å²) in [4.78, 5) is 0. The van der Waals surface area contributed by atoms with Gasteiger partial charge in [0.2, 0.25) is 0 Å². The van der Waals surface area contributed by atoms with Gasteiger partial charge < -0.3 is 13.3 Å². The Balaban J connectivity index is 2.90. The molecule has 0 radical (unpaired) electrons. The van der Waals surface area contributed by atoms with E-state index < -0.39 is 8.80 Å². The van der Waals surface area contributed by atoms with E-state index in [2.05, 4.69) is 67.6 Å². The van der Waals surface area contributed by atoms with Crippen LogP contribution in [0, 0.1) is 0 Å². The maximum atomic E-state index is 6.38. The van der Waals surface area contributed by atoms with Gasteiger partial charge in [-0.25, -0.2) is 0 Å². The number of hydrogen-bond acceptors (Lipinski definition) is 3. The summed E-state index contributed by atoms with van der Waals surface area (Å²) in [6.45, 7) is 7.75. The zero-order valence-electron chi connectivity index (χ0n) is 14.0. The lowest BCUT2D eigenvalue weighted by Gasteiger charge is -2.32. The van der Waals surface area contributed by atoms with Crippen molar-refractivity contribution in [3.63, 3.8) is 0 Å². The second kappa shape index (κ2) is 11.6. The van der Waals surface area contributed by atoms with Crippen LogP contribution < -0.4 is 0 Å². The van der Waals surface area contributed by atoms with E-state index in [0.717, 1.165) is 29.7 Å². The van der Waals surface area contributed by atoms with Crippen LogP contribution in [0.4, 0.5) is 0 Å². The summed E-state index contributed by atoms with van der Waals surface area (Å²) in [5.74, 6) is 0. The first-order chi connectivity index (χ1) is 10.7. The fourth-order valence-electron chi connectivity index (χ4n) is 2.13. The lowest BCUT2D eigenvalue weighted by atomic mass is 10.2. The van der Waals surface area contributed by atoms with Gasteiger partial charge in [0.15, 0.2) is 0 Å². The monoisotopic (exact) mass is 436 g/mol. The van der Waals surface area contributed by atoms with Crippen LogP contribution in [0.25, 0.3) is 0 Å². The Morgan fingerprint density at radius 2 is 1.64 bits per heavy atom. The second-order valence-corrected chi connectivity index (χ2v) is 9.06. The van der Waals surface area contributed by atoms with Gasteiger partial charge in [-0.1, -0.05) is 66.8 Å². The van der Waals surface area contributed by atoms with Crippen LogP contribution in [0.3, 0.4) is 0 Å². The summed E-state index contributed by atoms with van der Waals surface area (Å²) in [6, 6.07) is 11.1. The minimum Gasteiger partial charge on any atom is -0.373 e. The van der Waals surface area contributed by atoms with E-state index in [9.17, 15) is 0 Å². The van der Waals surface area contributed by atoms with Crippen molar-refractivity contribution in [3.05, 3.63) is 35.9 Å². The molecule has 5 heteroatoms. The molecule has 0 aliphatic heterocycles. The third-order valence-electron chi connectivity index (χ3n) is 3.21. The topological polar surface area (TPSA) is 27.7 Å². The highest BCUT2D eigenvalue weighted by molar-refractivity contribution is 14.1. The van der Waals surface area contributed by atoms with Gasteiger partial charge in [-0.15, -0.1) is 0 Å². The molecule has 0 amide bonds. The predicted octanol–water partition coefficient (Wildman–Crippen LogP) is 4.79. The van der Waals surface area contributed by atoms with Crippen molar-refractivity contribution in [1.82, 2.24) is 0 Å². The summed E-state index contributed by atoms with van der Waals surface area (Å²) in [7, 11) is -2.68. The number of hydrogen-bond donors (Lipinski definition) is 0. The smallest absolute Gasteiger partial charge is 0.373 e. The summed E-state index contributed by atoms with van der Waals surface area (Å²) in [6.07, 6.45) is 3.14. The number of rotatable bonds is 12. The number of alkyl halides is 1. The molecule has 126 valence electrons. The van der Waals surface area contributed by atoms with Crippen molar-refractivity contribution >= 4 is 31.4 Å².